The Balaban J connectivity index is 1.17. The quantitative estimate of drug-likeness (QED) is 0.129. The van der Waals surface area contributed by atoms with Gasteiger partial charge < -0.3 is 24.1 Å². The van der Waals surface area contributed by atoms with Gasteiger partial charge in [-0.05, 0) is 93.1 Å². The van der Waals surface area contributed by atoms with Gasteiger partial charge in [0, 0.05) is 25.2 Å². The summed E-state index contributed by atoms with van der Waals surface area (Å²) < 4.78 is 23.8. The van der Waals surface area contributed by atoms with E-state index in [9.17, 15) is 14.7 Å². The van der Waals surface area contributed by atoms with Crippen LogP contribution in [0.3, 0.4) is 0 Å². The summed E-state index contributed by atoms with van der Waals surface area (Å²) in [6.07, 6.45) is 23.5. The third kappa shape index (κ3) is 6.60. The van der Waals surface area contributed by atoms with Crippen molar-refractivity contribution in [2.75, 3.05) is 0 Å². The number of ether oxygens (including phenoxy) is 4. The van der Waals surface area contributed by atoms with E-state index in [-0.39, 0.29) is 41.1 Å². The number of aliphatic hydroxyl groups is 1. The molecule has 3 fully saturated rings. The first-order chi connectivity index (χ1) is 21.4. The highest BCUT2D eigenvalue weighted by Gasteiger charge is 2.74. The zero-order chi connectivity index (χ0) is 33.7. The number of rotatable bonds is 8. The standard InChI is InChI=1S/C39H50O7/c1-25(18-30-19-28(34(42)44-30)16-17-39-36(6,7)21-29(41)22-38(39,9)46-39)14-12-10-11-13-15-26(2)32-20-33-35(4,5)23-31(43-27(3)40)24-37(33,8)45-32/h10-20,29,31-32,41H,21-24H2,1-9H3/b12-10+,13-11+,17-16+,25-14+,26-15+,30-18-/t29-,31-,32+,37+,38+,39-/m0/s1. The maximum atomic E-state index is 12.6. The number of epoxide rings is 1. The molecule has 0 aromatic heterocycles. The van der Waals surface area contributed by atoms with Crippen LogP contribution in [0.2, 0.25) is 0 Å². The number of esters is 2. The summed E-state index contributed by atoms with van der Waals surface area (Å²) >= 11 is 0. The first kappa shape index (κ1) is 34.1. The van der Waals surface area contributed by atoms with E-state index in [4.69, 9.17) is 18.9 Å². The molecule has 5 aliphatic rings. The number of aliphatic hydroxyl groups excluding tert-OH is 1. The number of cyclic esters (lactones) is 1. The number of carbonyl (C=O) groups is 2. The van der Waals surface area contributed by atoms with Gasteiger partial charge in [-0.2, -0.15) is 0 Å². The molecule has 2 aliphatic carbocycles. The van der Waals surface area contributed by atoms with E-state index in [2.05, 4.69) is 53.7 Å². The van der Waals surface area contributed by atoms with Crippen LogP contribution in [-0.4, -0.2) is 52.2 Å². The Morgan fingerprint density at radius 3 is 2.33 bits per heavy atom. The minimum absolute atomic E-state index is 0.115. The van der Waals surface area contributed by atoms with Crippen molar-refractivity contribution >= 4 is 11.9 Å². The minimum atomic E-state index is -0.500. The van der Waals surface area contributed by atoms with Crippen molar-refractivity contribution in [3.8, 4) is 0 Å². The van der Waals surface area contributed by atoms with Crippen LogP contribution < -0.4 is 0 Å². The summed E-state index contributed by atoms with van der Waals surface area (Å²) in [5.74, 6) is -0.133. The van der Waals surface area contributed by atoms with Gasteiger partial charge in [-0.1, -0.05) is 64.2 Å². The fourth-order valence-corrected chi connectivity index (χ4v) is 8.32. The Bertz CT molecular complexity index is 1530. The zero-order valence-electron chi connectivity index (χ0n) is 28.8. The van der Waals surface area contributed by atoms with E-state index in [0.717, 1.165) is 17.6 Å². The van der Waals surface area contributed by atoms with Crippen molar-refractivity contribution in [3.63, 3.8) is 0 Å². The molecule has 3 heterocycles. The number of hydrogen-bond donors (Lipinski definition) is 1. The molecule has 1 saturated heterocycles. The second kappa shape index (κ2) is 12.1. The van der Waals surface area contributed by atoms with Crippen molar-refractivity contribution < 1.29 is 33.6 Å². The maximum Gasteiger partial charge on any atom is 0.343 e. The Hall–Kier alpha value is -3.26. The van der Waals surface area contributed by atoms with E-state index < -0.39 is 16.8 Å². The highest BCUT2D eigenvalue weighted by molar-refractivity contribution is 5.95. The van der Waals surface area contributed by atoms with Crippen molar-refractivity contribution in [2.24, 2.45) is 10.8 Å². The van der Waals surface area contributed by atoms with Crippen molar-refractivity contribution in [1.29, 1.82) is 0 Å². The minimum Gasteiger partial charge on any atom is -0.462 e. The molecule has 0 aromatic rings. The first-order valence-corrected chi connectivity index (χ1v) is 16.4. The molecule has 0 amide bonds. The van der Waals surface area contributed by atoms with Crippen LogP contribution in [0.1, 0.15) is 88.0 Å². The summed E-state index contributed by atoms with van der Waals surface area (Å²) in [6, 6.07) is 0. The van der Waals surface area contributed by atoms with Crippen LogP contribution in [0.15, 0.2) is 94.9 Å². The number of hydrogen-bond acceptors (Lipinski definition) is 7. The average Bonchev–Trinajstić information content (AvgIpc) is 3.16. The van der Waals surface area contributed by atoms with Crippen LogP contribution in [-0.2, 0) is 28.5 Å². The maximum absolute atomic E-state index is 12.6. The average molecular weight is 631 g/mol. The lowest BCUT2D eigenvalue weighted by Gasteiger charge is -2.45. The van der Waals surface area contributed by atoms with Gasteiger partial charge in [-0.3, -0.25) is 4.79 Å². The molecule has 0 spiro atoms. The van der Waals surface area contributed by atoms with Gasteiger partial charge in [-0.15, -0.1) is 0 Å². The van der Waals surface area contributed by atoms with Gasteiger partial charge in [-0.25, -0.2) is 4.79 Å². The molecule has 7 nitrogen and oxygen atoms in total. The fraction of sp³-hybridized carbons (Fsp3) is 0.538. The largest absolute Gasteiger partial charge is 0.462 e. The topological polar surface area (TPSA) is 94.6 Å². The first-order valence-electron chi connectivity index (χ1n) is 16.4. The second-order valence-corrected chi connectivity index (χ2v) is 15.3. The van der Waals surface area contributed by atoms with Gasteiger partial charge in [0.1, 0.15) is 23.1 Å². The lowest BCUT2D eigenvalue weighted by atomic mass is 9.63. The summed E-state index contributed by atoms with van der Waals surface area (Å²) in [7, 11) is 0. The zero-order valence-corrected chi connectivity index (χ0v) is 28.8. The highest BCUT2D eigenvalue weighted by atomic mass is 16.6. The molecular formula is C39H50O7. The van der Waals surface area contributed by atoms with E-state index in [1.807, 2.05) is 56.4 Å². The lowest BCUT2D eigenvalue weighted by Crippen LogP contribution is -2.46. The van der Waals surface area contributed by atoms with Crippen molar-refractivity contribution in [3.05, 3.63) is 94.9 Å². The van der Waals surface area contributed by atoms with Crippen molar-refractivity contribution in [2.45, 2.75) is 123 Å². The van der Waals surface area contributed by atoms with Gasteiger partial charge in [0.05, 0.1) is 23.4 Å². The Labute approximate surface area is 274 Å². The molecule has 2 saturated carbocycles. The Kier molecular flexibility index (Phi) is 8.95. The smallest absolute Gasteiger partial charge is 0.343 e. The van der Waals surface area contributed by atoms with Crippen LogP contribution in [0, 0.1) is 10.8 Å². The van der Waals surface area contributed by atoms with Crippen LogP contribution >= 0.6 is 0 Å². The van der Waals surface area contributed by atoms with Gasteiger partial charge >= 0.3 is 11.9 Å². The SMILES string of the molecule is CC(=O)O[C@H]1CC(C)(C)C2=C[C@H](/C(C)=C/C=C/C=C/C=C(C)/C=C3C=C(/C=C/[C@@]45O[C@]4(C)C[C@@H](O)CC5(C)C)C(=O)O/3)O[C@]2(C)C1. The molecule has 0 bridgehead atoms. The highest BCUT2D eigenvalue weighted by Crippen LogP contribution is 2.66. The van der Waals surface area contributed by atoms with E-state index in [1.54, 1.807) is 12.2 Å². The van der Waals surface area contributed by atoms with Gasteiger partial charge in [0.2, 0.25) is 0 Å². The molecular weight excluding hydrogens is 580 g/mol. The molecule has 0 unspecified atom stereocenters. The number of fused-ring (bicyclic) bond motifs is 2. The Morgan fingerprint density at radius 1 is 0.957 bits per heavy atom. The van der Waals surface area contributed by atoms with Crippen LogP contribution in [0.25, 0.3) is 0 Å². The summed E-state index contributed by atoms with van der Waals surface area (Å²) in [4.78, 5) is 24.2. The normalized spacial score (nSPS) is 37.8. The molecule has 7 heteroatoms. The molecule has 0 radical (unpaired) electrons. The molecule has 248 valence electrons. The van der Waals surface area contributed by atoms with Crippen LogP contribution in [0.5, 0.6) is 0 Å². The summed E-state index contributed by atoms with van der Waals surface area (Å²) in [5, 5.41) is 10.3. The third-order valence-electron chi connectivity index (χ3n) is 10.3. The van der Waals surface area contributed by atoms with E-state index >= 15 is 0 Å². The van der Waals surface area contributed by atoms with E-state index in [0.29, 0.717) is 30.6 Å². The lowest BCUT2D eigenvalue weighted by molar-refractivity contribution is -0.154. The van der Waals surface area contributed by atoms with E-state index in [1.165, 1.54) is 12.5 Å². The van der Waals surface area contributed by atoms with Gasteiger partial charge in [0.25, 0.3) is 0 Å². The molecule has 5 rings (SSSR count). The monoisotopic (exact) mass is 630 g/mol. The summed E-state index contributed by atoms with van der Waals surface area (Å²) in [6.45, 7) is 18.2. The molecule has 3 aliphatic heterocycles. The second-order valence-electron chi connectivity index (χ2n) is 15.3. The summed E-state index contributed by atoms with van der Waals surface area (Å²) in [5.41, 5.74) is 2.06. The fourth-order valence-electron chi connectivity index (χ4n) is 8.32. The predicted molar refractivity (Wildman–Crippen MR) is 178 cm³/mol. The molecule has 0 aromatic carbocycles. The predicted octanol–water partition coefficient (Wildman–Crippen LogP) is 7.46. The number of allylic oxidation sites excluding steroid dienone is 9. The molecule has 6 atom stereocenters. The molecule has 46 heavy (non-hydrogen) atoms. The number of carbonyl (C=O) groups excluding carboxylic acids is 2. The molecule has 1 N–H and O–H groups in total. The Morgan fingerprint density at radius 2 is 1.65 bits per heavy atom. The van der Waals surface area contributed by atoms with Crippen LogP contribution in [0.4, 0.5) is 0 Å². The van der Waals surface area contributed by atoms with Crippen molar-refractivity contribution in [1.82, 2.24) is 0 Å². The third-order valence-corrected chi connectivity index (χ3v) is 10.3. The van der Waals surface area contributed by atoms with Gasteiger partial charge in [0.15, 0.2) is 0 Å².